The van der Waals surface area contributed by atoms with Crippen LogP contribution < -0.4 is 5.32 Å². The average Bonchev–Trinajstić information content (AvgIpc) is 3.40. The number of Topliss-reactive ketones (excluding diaryl/α,β-unsaturated/α-hetero) is 1. The standard InChI is InChI=1S/C22H22FN5O6/c1-12(30)7-8-15(31)34-18-14(9-29)33-22(16(18)23)28-11-26-17-19(24-10-25-20(17)28)27-21(32)13-5-3-2-4-6-13/h2-6,10-11,14,16,18,22,29H,7-9H2,1H3,(H,24,25,27,32). The summed E-state index contributed by atoms with van der Waals surface area (Å²) < 4.78 is 27.4. The lowest BCUT2D eigenvalue weighted by atomic mass is 10.1. The largest absolute Gasteiger partial charge is 0.456 e. The first-order chi connectivity index (χ1) is 16.4. The average molecular weight is 471 g/mol. The lowest BCUT2D eigenvalue weighted by Crippen LogP contribution is -2.35. The molecule has 1 amide bonds. The van der Waals surface area contributed by atoms with Gasteiger partial charge in [0, 0.05) is 12.0 Å². The van der Waals surface area contributed by atoms with Crippen LogP contribution in [-0.2, 0) is 19.1 Å². The molecule has 1 aliphatic rings. The Hall–Kier alpha value is -3.77. The zero-order valence-corrected chi connectivity index (χ0v) is 18.1. The third-order valence-corrected chi connectivity index (χ3v) is 5.30. The van der Waals surface area contributed by atoms with Gasteiger partial charge in [0.1, 0.15) is 18.2 Å². The minimum atomic E-state index is -1.85. The van der Waals surface area contributed by atoms with Crippen LogP contribution in [0.3, 0.4) is 0 Å². The summed E-state index contributed by atoms with van der Waals surface area (Å²) in [6.07, 6.45) is -3.45. The fourth-order valence-corrected chi connectivity index (χ4v) is 3.59. The number of fused-ring (bicyclic) bond motifs is 1. The number of carbonyl (C=O) groups excluding carboxylic acids is 3. The summed E-state index contributed by atoms with van der Waals surface area (Å²) in [6, 6.07) is 8.50. The van der Waals surface area contributed by atoms with E-state index in [1.807, 2.05) is 0 Å². The molecule has 0 saturated carbocycles. The van der Waals surface area contributed by atoms with Crippen molar-refractivity contribution < 1.29 is 33.4 Å². The molecule has 3 aromatic rings. The summed E-state index contributed by atoms with van der Waals surface area (Å²) in [4.78, 5) is 48.0. The molecule has 12 heteroatoms. The normalized spacial score (nSPS) is 22.0. The van der Waals surface area contributed by atoms with Crippen molar-refractivity contribution >= 4 is 34.6 Å². The van der Waals surface area contributed by atoms with Gasteiger partial charge >= 0.3 is 5.97 Å². The highest BCUT2D eigenvalue weighted by Gasteiger charge is 2.48. The van der Waals surface area contributed by atoms with Crippen LogP contribution in [0.5, 0.6) is 0 Å². The van der Waals surface area contributed by atoms with Crippen LogP contribution in [0.2, 0.25) is 0 Å². The zero-order valence-electron chi connectivity index (χ0n) is 18.1. The van der Waals surface area contributed by atoms with Crippen molar-refractivity contribution in [3.05, 3.63) is 48.5 Å². The first-order valence-corrected chi connectivity index (χ1v) is 10.5. The van der Waals surface area contributed by atoms with E-state index in [-0.39, 0.29) is 35.6 Å². The number of hydrogen-bond acceptors (Lipinski definition) is 9. The van der Waals surface area contributed by atoms with E-state index >= 15 is 4.39 Å². The van der Waals surface area contributed by atoms with Crippen molar-refractivity contribution in [1.82, 2.24) is 19.5 Å². The van der Waals surface area contributed by atoms with Gasteiger partial charge in [-0.2, -0.15) is 0 Å². The number of nitrogens with zero attached hydrogens (tertiary/aromatic N) is 4. The number of imidazole rings is 1. The Bertz CT molecular complexity index is 1200. The van der Waals surface area contributed by atoms with Gasteiger partial charge in [0.2, 0.25) is 0 Å². The number of aliphatic hydroxyl groups is 1. The second kappa shape index (κ2) is 10.0. The van der Waals surface area contributed by atoms with Gasteiger partial charge in [-0.15, -0.1) is 0 Å². The second-order valence-corrected chi connectivity index (χ2v) is 7.72. The van der Waals surface area contributed by atoms with Crippen LogP contribution in [-0.4, -0.2) is 67.3 Å². The van der Waals surface area contributed by atoms with E-state index in [4.69, 9.17) is 9.47 Å². The number of carbonyl (C=O) groups is 3. The van der Waals surface area contributed by atoms with Crippen LogP contribution in [0.15, 0.2) is 43.0 Å². The highest BCUT2D eigenvalue weighted by Crippen LogP contribution is 2.36. The molecule has 11 nitrogen and oxygen atoms in total. The van der Waals surface area contributed by atoms with Gasteiger partial charge < -0.3 is 24.7 Å². The predicted molar refractivity (Wildman–Crippen MR) is 115 cm³/mol. The van der Waals surface area contributed by atoms with Crippen LogP contribution in [0.1, 0.15) is 36.4 Å². The van der Waals surface area contributed by atoms with Gasteiger partial charge in [0.15, 0.2) is 35.5 Å². The Kier molecular flexibility index (Phi) is 6.89. The molecule has 34 heavy (non-hydrogen) atoms. The quantitative estimate of drug-likeness (QED) is 0.468. The number of benzene rings is 1. The number of aromatic nitrogens is 4. The molecule has 1 saturated heterocycles. The molecule has 3 heterocycles. The van der Waals surface area contributed by atoms with E-state index in [9.17, 15) is 19.5 Å². The van der Waals surface area contributed by atoms with E-state index in [2.05, 4.69) is 20.3 Å². The Labute approximate surface area is 192 Å². The van der Waals surface area contributed by atoms with Crippen molar-refractivity contribution in [3.63, 3.8) is 0 Å². The number of esters is 1. The molecule has 2 aromatic heterocycles. The van der Waals surface area contributed by atoms with Gasteiger partial charge in [-0.25, -0.2) is 19.3 Å². The molecule has 0 spiro atoms. The summed E-state index contributed by atoms with van der Waals surface area (Å²) in [6.45, 7) is 0.737. The van der Waals surface area contributed by atoms with Crippen LogP contribution in [0.25, 0.3) is 11.2 Å². The predicted octanol–water partition coefficient (Wildman–Crippen LogP) is 1.59. The number of ketones is 1. The minimum absolute atomic E-state index is 0.0306. The van der Waals surface area contributed by atoms with Gasteiger partial charge in [0.05, 0.1) is 19.4 Å². The molecule has 0 radical (unpaired) electrons. The maximum Gasteiger partial charge on any atom is 0.306 e. The summed E-state index contributed by atoms with van der Waals surface area (Å²) in [5, 5.41) is 12.3. The van der Waals surface area contributed by atoms with E-state index in [1.54, 1.807) is 30.3 Å². The lowest BCUT2D eigenvalue weighted by Gasteiger charge is -2.18. The maximum absolute atomic E-state index is 15.3. The van der Waals surface area contributed by atoms with E-state index in [0.29, 0.717) is 5.56 Å². The lowest BCUT2D eigenvalue weighted by molar-refractivity contribution is -0.155. The summed E-state index contributed by atoms with van der Waals surface area (Å²) in [5.74, 6) is -1.26. The molecule has 4 rings (SSSR count). The molecule has 178 valence electrons. The highest BCUT2D eigenvalue weighted by molar-refractivity contribution is 6.06. The topological polar surface area (TPSA) is 146 Å². The molecule has 2 N–H and O–H groups in total. The Morgan fingerprint density at radius 1 is 1.18 bits per heavy atom. The Morgan fingerprint density at radius 2 is 1.94 bits per heavy atom. The van der Waals surface area contributed by atoms with E-state index < -0.39 is 43.1 Å². The van der Waals surface area contributed by atoms with Gasteiger partial charge in [-0.1, -0.05) is 18.2 Å². The zero-order chi connectivity index (χ0) is 24.2. The number of rotatable bonds is 8. The number of alkyl halides is 1. The fraction of sp³-hybridized carbons (Fsp3) is 0.364. The number of nitrogens with one attached hydrogen (secondary N) is 1. The molecule has 1 aliphatic heterocycles. The number of amides is 1. The van der Waals surface area contributed by atoms with Gasteiger partial charge in [0.25, 0.3) is 5.91 Å². The smallest absolute Gasteiger partial charge is 0.306 e. The number of hydrogen-bond donors (Lipinski definition) is 2. The number of aliphatic hydroxyl groups excluding tert-OH is 1. The molecule has 1 aromatic carbocycles. The maximum atomic E-state index is 15.3. The Morgan fingerprint density at radius 3 is 2.65 bits per heavy atom. The summed E-state index contributed by atoms with van der Waals surface area (Å²) >= 11 is 0. The molecule has 0 aliphatic carbocycles. The van der Waals surface area contributed by atoms with Crippen molar-refractivity contribution in [2.24, 2.45) is 0 Å². The van der Waals surface area contributed by atoms with Crippen molar-refractivity contribution in [1.29, 1.82) is 0 Å². The SMILES string of the molecule is CC(=O)CCC(=O)OC1C(CO)OC(n2cnc3c(NC(=O)c4ccccc4)ncnc32)C1F. The number of halogens is 1. The van der Waals surface area contributed by atoms with Gasteiger partial charge in [-0.3, -0.25) is 14.2 Å². The van der Waals surface area contributed by atoms with Crippen molar-refractivity contribution in [2.75, 3.05) is 11.9 Å². The van der Waals surface area contributed by atoms with Crippen LogP contribution in [0.4, 0.5) is 10.2 Å². The highest BCUT2D eigenvalue weighted by atomic mass is 19.1. The fourth-order valence-electron chi connectivity index (χ4n) is 3.59. The van der Waals surface area contributed by atoms with Crippen LogP contribution >= 0.6 is 0 Å². The molecule has 4 unspecified atom stereocenters. The molecule has 0 bridgehead atoms. The third kappa shape index (κ3) is 4.77. The van der Waals surface area contributed by atoms with Gasteiger partial charge in [-0.05, 0) is 19.1 Å². The summed E-state index contributed by atoms with van der Waals surface area (Å²) in [7, 11) is 0. The Balaban J connectivity index is 1.55. The molecular formula is C22H22FN5O6. The number of anilines is 1. The molecular weight excluding hydrogens is 449 g/mol. The van der Waals surface area contributed by atoms with E-state index in [0.717, 1.165) is 0 Å². The minimum Gasteiger partial charge on any atom is -0.456 e. The van der Waals surface area contributed by atoms with Crippen LogP contribution in [0, 0.1) is 0 Å². The first-order valence-electron chi connectivity index (χ1n) is 10.5. The second-order valence-electron chi connectivity index (χ2n) is 7.72. The van der Waals surface area contributed by atoms with E-state index in [1.165, 1.54) is 24.1 Å². The number of ether oxygens (including phenoxy) is 2. The first kappa shape index (κ1) is 23.4. The summed E-state index contributed by atoms with van der Waals surface area (Å²) in [5.41, 5.74) is 0.785. The molecule has 1 fully saturated rings. The monoisotopic (exact) mass is 471 g/mol. The molecule has 4 atom stereocenters. The van der Waals surface area contributed by atoms with Crippen molar-refractivity contribution in [3.8, 4) is 0 Å². The third-order valence-electron chi connectivity index (χ3n) is 5.30. The van der Waals surface area contributed by atoms with Crippen molar-refractivity contribution in [2.45, 2.75) is 44.4 Å².